The van der Waals surface area contributed by atoms with E-state index in [1.807, 2.05) is 4.57 Å². The summed E-state index contributed by atoms with van der Waals surface area (Å²) in [6.07, 6.45) is 3.48. The zero-order valence-corrected chi connectivity index (χ0v) is 25.7. The SMILES string of the molecule is NCCOCCOCCOCCOCCOCCOCCOCCOCCOCCOCCOCCn1cnc(CO)c1. The molecule has 1 heterocycles. The van der Waals surface area contributed by atoms with Crippen LogP contribution in [0.5, 0.6) is 0 Å². The minimum Gasteiger partial charge on any atom is -0.390 e. The van der Waals surface area contributed by atoms with Gasteiger partial charge in [0.1, 0.15) is 0 Å². The Kier molecular flexibility index (Phi) is 31.0. The molecule has 1 rings (SSSR count). The Bertz CT molecular complexity index is 675. The first-order valence-corrected chi connectivity index (χ1v) is 15.0. The van der Waals surface area contributed by atoms with Gasteiger partial charge in [-0.15, -0.1) is 0 Å². The summed E-state index contributed by atoms with van der Waals surface area (Å²) in [6, 6.07) is 0. The summed E-state index contributed by atoms with van der Waals surface area (Å²) in [7, 11) is 0. The molecule has 0 atom stereocenters. The lowest BCUT2D eigenvalue weighted by Crippen LogP contribution is -2.15. The molecule has 1 aromatic rings. The third kappa shape index (κ3) is 29.2. The van der Waals surface area contributed by atoms with Crippen LogP contribution < -0.4 is 5.73 Å². The Labute approximate surface area is 256 Å². The second kappa shape index (κ2) is 33.6. The summed E-state index contributed by atoms with van der Waals surface area (Å²) in [5.74, 6) is 0. The fraction of sp³-hybridized carbons (Fsp3) is 0.893. The maximum absolute atomic E-state index is 8.99. The van der Waals surface area contributed by atoms with Crippen LogP contribution in [0, 0.1) is 0 Å². The van der Waals surface area contributed by atoms with Crippen molar-refractivity contribution in [3.63, 3.8) is 0 Å². The summed E-state index contributed by atoms with van der Waals surface area (Å²) in [6.45, 7) is 12.6. The first kappa shape index (κ1) is 39.7. The highest BCUT2D eigenvalue weighted by molar-refractivity contribution is 4.93. The van der Waals surface area contributed by atoms with Gasteiger partial charge in [-0.3, -0.25) is 0 Å². The monoisotopic (exact) mass is 625 g/mol. The summed E-state index contributed by atoms with van der Waals surface area (Å²) < 4.78 is 61.6. The lowest BCUT2D eigenvalue weighted by atomic mass is 10.5. The van der Waals surface area contributed by atoms with Crippen LogP contribution in [0.2, 0.25) is 0 Å². The van der Waals surface area contributed by atoms with Crippen LogP contribution in [0.15, 0.2) is 12.5 Å². The quantitative estimate of drug-likeness (QED) is 0.0918. The van der Waals surface area contributed by atoms with E-state index in [1.165, 1.54) is 0 Å². The number of nitrogens with zero attached hydrogens (tertiary/aromatic N) is 2. The van der Waals surface area contributed by atoms with Crippen LogP contribution in [0.4, 0.5) is 0 Å². The Morgan fingerprint density at radius 3 is 1.00 bits per heavy atom. The van der Waals surface area contributed by atoms with Crippen molar-refractivity contribution in [1.82, 2.24) is 9.55 Å². The maximum Gasteiger partial charge on any atom is 0.0951 e. The Balaban J connectivity index is 1.62. The lowest BCUT2D eigenvalue weighted by Gasteiger charge is -2.09. The van der Waals surface area contributed by atoms with E-state index in [-0.39, 0.29) is 6.61 Å². The van der Waals surface area contributed by atoms with Gasteiger partial charge < -0.3 is 67.5 Å². The summed E-state index contributed by atoms with van der Waals surface area (Å²) in [4.78, 5) is 4.05. The molecule has 15 heteroatoms. The average Bonchev–Trinajstić information content (AvgIpc) is 3.49. The smallest absolute Gasteiger partial charge is 0.0951 e. The van der Waals surface area contributed by atoms with Gasteiger partial charge in [0.2, 0.25) is 0 Å². The molecular formula is C28H55N3O12. The molecule has 0 amide bonds. The molecule has 0 saturated heterocycles. The summed E-state index contributed by atoms with van der Waals surface area (Å²) in [5, 5.41) is 8.99. The fourth-order valence-electron chi connectivity index (χ4n) is 3.16. The zero-order valence-electron chi connectivity index (χ0n) is 25.7. The van der Waals surface area contributed by atoms with E-state index < -0.39 is 0 Å². The molecule has 0 spiro atoms. The molecule has 254 valence electrons. The van der Waals surface area contributed by atoms with Crippen molar-refractivity contribution in [2.75, 3.05) is 152 Å². The number of rotatable bonds is 36. The molecule has 43 heavy (non-hydrogen) atoms. The van der Waals surface area contributed by atoms with Crippen LogP contribution in [0.25, 0.3) is 0 Å². The molecule has 1 aromatic heterocycles. The maximum atomic E-state index is 8.99. The summed E-state index contributed by atoms with van der Waals surface area (Å²) in [5.41, 5.74) is 5.98. The Morgan fingerprint density at radius 2 is 0.744 bits per heavy atom. The lowest BCUT2D eigenvalue weighted by molar-refractivity contribution is -0.0275. The average molecular weight is 626 g/mol. The molecule has 0 fully saturated rings. The minimum absolute atomic E-state index is 0.0541. The van der Waals surface area contributed by atoms with E-state index in [0.29, 0.717) is 164 Å². The van der Waals surface area contributed by atoms with E-state index >= 15 is 0 Å². The molecule has 0 unspecified atom stereocenters. The molecule has 0 aromatic carbocycles. The number of aromatic nitrogens is 2. The molecule has 0 radical (unpaired) electrons. The number of hydrogen-bond donors (Lipinski definition) is 2. The zero-order chi connectivity index (χ0) is 30.7. The van der Waals surface area contributed by atoms with Gasteiger partial charge in [-0.25, -0.2) is 4.98 Å². The number of imidazole rings is 1. The predicted octanol–water partition coefficient (Wildman–Crippen LogP) is -0.483. The van der Waals surface area contributed by atoms with Gasteiger partial charge in [0.15, 0.2) is 0 Å². The van der Waals surface area contributed by atoms with E-state index in [2.05, 4.69) is 4.98 Å². The van der Waals surface area contributed by atoms with Crippen LogP contribution in [-0.4, -0.2) is 167 Å². The first-order valence-electron chi connectivity index (χ1n) is 15.0. The molecule has 0 aliphatic heterocycles. The van der Waals surface area contributed by atoms with Gasteiger partial charge in [-0.2, -0.15) is 0 Å². The number of nitrogens with two attached hydrogens (primary N) is 1. The van der Waals surface area contributed by atoms with Crippen molar-refractivity contribution >= 4 is 0 Å². The number of ether oxygens (including phenoxy) is 11. The minimum atomic E-state index is -0.0541. The molecule has 0 aliphatic carbocycles. The Hall–Kier alpha value is -1.31. The van der Waals surface area contributed by atoms with Crippen LogP contribution in [0.3, 0.4) is 0 Å². The fourth-order valence-corrected chi connectivity index (χ4v) is 3.16. The van der Waals surface area contributed by atoms with Crippen molar-refractivity contribution < 1.29 is 57.2 Å². The van der Waals surface area contributed by atoms with Crippen molar-refractivity contribution in [2.24, 2.45) is 5.73 Å². The van der Waals surface area contributed by atoms with Gasteiger partial charge >= 0.3 is 0 Å². The first-order chi connectivity index (χ1) is 21.4. The topological polar surface area (TPSA) is 166 Å². The van der Waals surface area contributed by atoms with Gasteiger partial charge in [-0.05, 0) is 0 Å². The number of hydrogen-bond acceptors (Lipinski definition) is 14. The number of aliphatic hydroxyl groups excluding tert-OH is 1. The Morgan fingerprint density at radius 1 is 0.465 bits per heavy atom. The third-order valence-corrected chi connectivity index (χ3v) is 5.32. The molecular weight excluding hydrogens is 570 g/mol. The van der Waals surface area contributed by atoms with Crippen molar-refractivity contribution in [1.29, 1.82) is 0 Å². The molecule has 0 bridgehead atoms. The summed E-state index contributed by atoms with van der Waals surface area (Å²) >= 11 is 0. The highest BCUT2D eigenvalue weighted by Crippen LogP contribution is 1.95. The van der Waals surface area contributed by atoms with Crippen LogP contribution in [-0.2, 0) is 65.3 Å². The van der Waals surface area contributed by atoms with Gasteiger partial charge in [0.25, 0.3) is 0 Å². The molecule has 0 saturated carbocycles. The molecule has 3 N–H and O–H groups in total. The van der Waals surface area contributed by atoms with Gasteiger partial charge in [-0.1, -0.05) is 0 Å². The number of aliphatic hydroxyl groups is 1. The van der Waals surface area contributed by atoms with E-state index in [4.69, 9.17) is 62.9 Å². The third-order valence-electron chi connectivity index (χ3n) is 5.32. The second-order valence-corrected chi connectivity index (χ2v) is 8.79. The van der Waals surface area contributed by atoms with Crippen LogP contribution >= 0.6 is 0 Å². The van der Waals surface area contributed by atoms with E-state index in [0.717, 1.165) is 0 Å². The predicted molar refractivity (Wildman–Crippen MR) is 156 cm³/mol. The normalized spacial score (nSPS) is 11.6. The van der Waals surface area contributed by atoms with E-state index in [1.54, 1.807) is 12.5 Å². The standard InChI is InChI=1S/C28H55N3O12/c29-1-3-33-5-7-35-9-11-37-13-15-39-17-19-41-21-23-43-24-22-42-20-18-40-16-14-38-12-10-36-8-6-34-4-2-31-25-28(26-32)30-27-31/h25,27,32H,1-24,26,29H2. The second-order valence-electron chi connectivity index (χ2n) is 8.79. The van der Waals surface area contributed by atoms with Crippen molar-refractivity contribution in [3.05, 3.63) is 18.2 Å². The highest BCUT2D eigenvalue weighted by atomic mass is 16.6. The van der Waals surface area contributed by atoms with Crippen molar-refractivity contribution in [3.8, 4) is 0 Å². The molecule has 0 aliphatic rings. The highest BCUT2D eigenvalue weighted by Gasteiger charge is 1.98. The van der Waals surface area contributed by atoms with Gasteiger partial charge in [0.05, 0.1) is 164 Å². The van der Waals surface area contributed by atoms with Crippen LogP contribution in [0.1, 0.15) is 5.69 Å². The van der Waals surface area contributed by atoms with E-state index in [9.17, 15) is 0 Å². The van der Waals surface area contributed by atoms with Gasteiger partial charge in [0, 0.05) is 19.3 Å². The molecule has 15 nitrogen and oxygen atoms in total. The van der Waals surface area contributed by atoms with Crippen molar-refractivity contribution in [2.45, 2.75) is 13.2 Å². The largest absolute Gasteiger partial charge is 0.390 e.